The summed E-state index contributed by atoms with van der Waals surface area (Å²) >= 11 is 0. The van der Waals surface area contributed by atoms with Crippen molar-refractivity contribution in [2.24, 2.45) is 0 Å². The Bertz CT molecular complexity index is 434. The average Bonchev–Trinajstić information content (AvgIpc) is 2.37. The van der Waals surface area contributed by atoms with Gasteiger partial charge in [0, 0.05) is 17.6 Å². The van der Waals surface area contributed by atoms with Gasteiger partial charge in [-0.25, -0.2) is 0 Å². The SMILES string of the molecule is CC1CCCC(/C=C/c2ccccc2OC(F)F)N1. The molecule has 0 radical (unpaired) electrons. The minimum absolute atomic E-state index is 0.220. The number of piperidine rings is 1. The van der Waals surface area contributed by atoms with Crippen LogP contribution in [-0.2, 0) is 0 Å². The van der Waals surface area contributed by atoms with Crippen molar-refractivity contribution in [1.82, 2.24) is 5.32 Å². The molecule has 0 amide bonds. The molecule has 1 heterocycles. The number of para-hydroxylation sites is 1. The minimum atomic E-state index is -2.79. The van der Waals surface area contributed by atoms with Gasteiger partial charge in [0.25, 0.3) is 0 Å². The zero-order chi connectivity index (χ0) is 13.7. The van der Waals surface area contributed by atoms with Crippen molar-refractivity contribution in [2.45, 2.75) is 44.9 Å². The molecule has 1 fully saturated rings. The first-order chi connectivity index (χ1) is 9.15. The molecule has 0 aromatic heterocycles. The van der Waals surface area contributed by atoms with Gasteiger partial charge in [0.2, 0.25) is 0 Å². The molecule has 2 unspecified atom stereocenters. The van der Waals surface area contributed by atoms with Crippen molar-refractivity contribution in [3.8, 4) is 5.75 Å². The van der Waals surface area contributed by atoms with Crippen LogP contribution in [0.3, 0.4) is 0 Å². The summed E-state index contributed by atoms with van der Waals surface area (Å²) in [6.07, 6.45) is 7.35. The Hall–Kier alpha value is -1.42. The van der Waals surface area contributed by atoms with Gasteiger partial charge in [0.15, 0.2) is 0 Å². The number of hydrogen-bond donors (Lipinski definition) is 1. The minimum Gasteiger partial charge on any atom is -0.434 e. The summed E-state index contributed by atoms with van der Waals surface area (Å²) < 4.78 is 29.1. The first kappa shape index (κ1) is 14.0. The zero-order valence-electron chi connectivity index (χ0n) is 11.0. The Kier molecular flexibility index (Phi) is 4.91. The van der Waals surface area contributed by atoms with Crippen LogP contribution in [-0.4, -0.2) is 18.7 Å². The number of benzene rings is 1. The van der Waals surface area contributed by atoms with Gasteiger partial charge in [-0.2, -0.15) is 8.78 Å². The highest BCUT2D eigenvalue weighted by molar-refractivity contribution is 5.57. The molecule has 1 aromatic carbocycles. The van der Waals surface area contributed by atoms with Crippen molar-refractivity contribution in [3.05, 3.63) is 35.9 Å². The number of rotatable bonds is 4. The van der Waals surface area contributed by atoms with E-state index in [9.17, 15) is 8.78 Å². The van der Waals surface area contributed by atoms with Gasteiger partial charge in [-0.15, -0.1) is 0 Å². The van der Waals surface area contributed by atoms with E-state index in [0.29, 0.717) is 17.6 Å². The first-order valence-corrected chi connectivity index (χ1v) is 6.63. The van der Waals surface area contributed by atoms with E-state index in [2.05, 4.69) is 17.0 Å². The van der Waals surface area contributed by atoms with Crippen LogP contribution < -0.4 is 10.1 Å². The molecule has 0 spiro atoms. The maximum absolute atomic E-state index is 12.3. The van der Waals surface area contributed by atoms with Crippen molar-refractivity contribution in [2.75, 3.05) is 0 Å². The fraction of sp³-hybridized carbons (Fsp3) is 0.467. The van der Waals surface area contributed by atoms with Crippen LogP contribution in [0.2, 0.25) is 0 Å². The van der Waals surface area contributed by atoms with Gasteiger partial charge in [-0.1, -0.05) is 36.8 Å². The lowest BCUT2D eigenvalue weighted by atomic mass is 9.99. The van der Waals surface area contributed by atoms with E-state index < -0.39 is 6.61 Å². The monoisotopic (exact) mass is 267 g/mol. The van der Waals surface area contributed by atoms with Crippen LogP contribution in [0, 0.1) is 0 Å². The van der Waals surface area contributed by atoms with Gasteiger partial charge >= 0.3 is 6.61 Å². The standard InChI is InChI=1S/C15H19F2NO/c1-11-5-4-7-13(18-11)10-9-12-6-2-3-8-14(12)19-15(16)17/h2-3,6,8-11,13,15,18H,4-5,7H2,1H3/b10-9+. The number of nitrogens with one attached hydrogen (secondary N) is 1. The number of hydrogen-bond acceptors (Lipinski definition) is 2. The molecule has 1 aliphatic heterocycles. The second-order valence-corrected chi connectivity index (χ2v) is 4.88. The van der Waals surface area contributed by atoms with Gasteiger partial charge < -0.3 is 10.1 Å². The molecular weight excluding hydrogens is 248 g/mol. The van der Waals surface area contributed by atoms with Crippen LogP contribution >= 0.6 is 0 Å². The lowest BCUT2D eigenvalue weighted by Crippen LogP contribution is -2.39. The van der Waals surface area contributed by atoms with E-state index in [4.69, 9.17) is 0 Å². The van der Waals surface area contributed by atoms with Crippen LogP contribution in [0.5, 0.6) is 5.75 Å². The second kappa shape index (κ2) is 6.66. The molecule has 2 nitrogen and oxygen atoms in total. The Morgan fingerprint density at radius 3 is 2.84 bits per heavy atom. The summed E-state index contributed by atoms with van der Waals surface area (Å²) in [6, 6.07) is 7.66. The molecule has 1 N–H and O–H groups in total. The smallest absolute Gasteiger partial charge is 0.387 e. The molecule has 1 aromatic rings. The van der Waals surface area contributed by atoms with Gasteiger partial charge in [0.05, 0.1) is 0 Å². The summed E-state index contributed by atoms with van der Waals surface area (Å²) in [7, 11) is 0. The molecule has 104 valence electrons. The van der Waals surface area contributed by atoms with Crippen molar-refractivity contribution in [3.63, 3.8) is 0 Å². The summed E-state index contributed by atoms with van der Waals surface area (Å²) in [5.74, 6) is 0.220. The lowest BCUT2D eigenvalue weighted by molar-refractivity contribution is -0.0499. The molecule has 1 saturated heterocycles. The van der Waals surface area contributed by atoms with E-state index in [1.165, 1.54) is 12.8 Å². The van der Waals surface area contributed by atoms with Crippen molar-refractivity contribution in [1.29, 1.82) is 0 Å². The maximum Gasteiger partial charge on any atom is 0.387 e. The van der Waals surface area contributed by atoms with E-state index in [1.807, 2.05) is 18.2 Å². The highest BCUT2D eigenvalue weighted by Gasteiger charge is 2.15. The molecule has 19 heavy (non-hydrogen) atoms. The summed E-state index contributed by atoms with van der Waals surface area (Å²) in [5, 5.41) is 3.47. The Morgan fingerprint density at radius 1 is 1.32 bits per heavy atom. The van der Waals surface area contributed by atoms with Gasteiger partial charge in [0.1, 0.15) is 5.75 Å². The Labute approximate surface area is 112 Å². The van der Waals surface area contributed by atoms with Crippen LogP contribution in [0.4, 0.5) is 8.78 Å². The molecule has 1 aliphatic rings. The highest BCUT2D eigenvalue weighted by atomic mass is 19.3. The number of ether oxygens (including phenoxy) is 1. The third kappa shape index (κ3) is 4.31. The van der Waals surface area contributed by atoms with Gasteiger partial charge in [-0.3, -0.25) is 0 Å². The van der Waals surface area contributed by atoms with Crippen LogP contribution in [0.25, 0.3) is 6.08 Å². The Balaban J connectivity index is 2.05. The van der Waals surface area contributed by atoms with Crippen LogP contribution in [0.1, 0.15) is 31.7 Å². The van der Waals surface area contributed by atoms with Crippen molar-refractivity contribution >= 4 is 6.08 Å². The normalized spacial score (nSPS) is 24.0. The molecule has 0 bridgehead atoms. The average molecular weight is 267 g/mol. The first-order valence-electron chi connectivity index (χ1n) is 6.63. The summed E-state index contributed by atoms with van der Waals surface area (Å²) in [4.78, 5) is 0. The van der Waals surface area contributed by atoms with E-state index in [0.717, 1.165) is 6.42 Å². The fourth-order valence-electron chi connectivity index (χ4n) is 2.37. The highest BCUT2D eigenvalue weighted by Crippen LogP contribution is 2.22. The molecule has 0 saturated carbocycles. The van der Waals surface area contributed by atoms with Gasteiger partial charge in [-0.05, 0) is 25.8 Å². The molecule has 0 aliphatic carbocycles. The molecule has 2 atom stereocenters. The molecule has 4 heteroatoms. The number of alkyl halides is 2. The second-order valence-electron chi connectivity index (χ2n) is 4.88. The van der Waals surface area contributed by atoms with E-state index in [-0.39, 0.29) is 5.75 Å². The summed E-state index contributed by atoms with van der Waals surface area (Å²) in [5.41, 5.74) is 0.683. The third-order valence-corrected chi connectivity index (χ3v) is 3.29. The fourth-order valence-corrected chi connectivity index (χ4v) is 2.37. The van der Waals surface area contributed by atoms with E-state index >= 15 is 0 Å². The summed E-state index contributed by atoms with van der Waals surface area (Å²) in [6.45, 7) is -0.629. The maximum atomic E-state index is 12.3. The zero-order valence-corrected chi connectivity index (χ0v) is 11.0. The topological polar surface area (TPSA) is 21.3 Å². The Morgan fingerprint density at radius 2 is 2.11 bits per heavy atom. The number of halogens is 2. The molecular formula is C15H19F2NO. The predicted octanol–water partition coefficient (Wildman–Crippen LogP) is 3.83. The third-order valence-electron chi connectivity index (χ3n) is 3.29. The predicted molar refractivity (Wildman–Crippen MR) is 72.3 cm³/mol. The molecule has 2 rings (SSSR count). The quantitative estimate of drug-likeness (QED) is 0.895. The van der Waals surface area contributed by atoms with E-state index in [1.54, 1.807) is 18.2 Å². The van der Waals surface area contributed by atoms with Crippen molar-refractivity contribution < 1.29 is 13.5 Å². The largest absolute Gasteiger partial charge is 0.434 e. The lowest BCUT2D eigenvalue weighted by Gasteiger charge is -2.26. The van der Waals surface area contributed by atoms with Crippen LogP contribution in [0.15, 0.2) is 30.3 Å².